The molecule has 5 aliphatic rings. The molecule has 0 aromatic carbocycles. The second-order valence-electron chi connectivity index (χ2n) is 9.23. The Labute approximate surface area is 147 Å². The monoisotopic (exact) mass is 344 g/mol. The fraction of sp³-hybridized carbons (Fsp3) is 0.750. The van der Waals surface area contributed by atoms with Gasteiger partial charge in [-0.05, 0) is 42.6 Å². The number of fused-ring (bicyclic) bond motifs is 4. The third kappa shape index (κ3) is 1.38. The maximum Gasteiger partial charge on any atom is 0.342 e. The second-order valence-corrected chi connectivity index (χ2v) is 9.23. The first kappa shape index (κ1) is 14.8. The molecule has 5 fully saturated rings. The van der Waals surface area contributed by atoms with Gasteiger partial charge < -0.3 is 18.6 Å². The van der Waals surface area contributed by atoms with E-state index in [0.717, 1.165) is 24.8 Å². The Bertz CT molecular complexity index is 758. The Morgan fingerprint density at radius 2 is 2.08 bits per heavy atom. The van der Waals surface area contributed by atoms with Gasteiger partial charge in [-0.3, -0.25) is 0 Å². The van der Waals surface area contributed by atoms with Crippen molar-refractivity contribution in [2.75, 3.05) is 0 Å². The number of ether oxygens (including phenoxy) is 3. The minimum Gasteiger partial charge on any atom is -0.472 e. The zero-order valence-electron chi connectivity index (χ0n) is 14.9. The third-order valence-electron chi connectivity index (χ3n) is 8.58. The van der Waals surface area contributed by atoms with Crippen LogP contribution in [0.1, 0.15) is 51.7 Å². The van der Waals surface area contributed by atoms with Gasteiger partial charge >= 0.3 is 5.97 Å². The SMILES string of the molecule is CC1C2OC(c3ccoc3)CC1(C)C1CCC3OC34C(=O)OC2C14C. The fourth-order valence-electron chi connectivity index (χ4n) is 7.12. The average molecular weight is 344 g/mol. The maximum absolute atomic E-state index is 12.8. The van der Waals surface area contributed by atoms with Crippen molar-refractivity contribution in [3.63, 3.8) is 0 Å². The van der Waals surface area contributed by atoms with Crippen LogP contribution in [0.2, 0.25) is 0 Å². The van der Waals surface area contributed by atoms with E-state index in [1.807, 2.05) is 6.07 Å². The van der Waals surface area contributed by atoms with Crippen molar-refractivity contribution in [1.29, 1.82) is 0 Å². The van der Waals surface area contributed by atoms with Crippen LogP contribution in [-0.2, 0) is 19.0 Å². The van der Waals surface area contributed by atoms with Crippen LogP contribution in [0, 0.1) is 22.7 Å². The Balaban J connectivity index is 1.50. The molecule has 5 heteroatoms. The summed E-state index contributed by atoms with van der Waals surface area (Å²) in [6.07, 6.45) is 6.24. The normalized spacial score (nSPS) is 58.3. The van der Waals surface area contributed by atoms with Gasteiger partial charge in [-0.2, -0.15) is 0 Å². The molecular formula is C20H24O5. The van der Waals surface area contributed by atoms with Gasteiger partial charge in [0.05, 0.1) is 36.3 Å². The summed E-state index contributed by atoms with van der Waals surface area (Å²) in [5, 5.41) is 0. The number of rotatable bonds is 1. The minimum absolute atomic E-state index is 0.00240. The molecule has 0 amide bonds. The number of hydrogen-bond acceptors (Lipinski definition) is 5. The Morgan fingerprint density at radius 3 is 2.84 bits per heavy atom. The molecule has 1 aromatic heterocycles. The summed E-state index contributed by atoms with van der Waals surface area (Å²) in [4.78, 5) is 12.8. The number of hydrogen-bond donors (Lipinski definition) is 0. The third-order valence-corrected chi connectivity index (χ3v) is 8.58. The Morgan fingerprint density at radius 1 is 1.24 bits per heavy atom. The van der Waals surface area contributed by atoms with Gasteiger partial charge in [0.1, 0.15) is 6.10 Å². The topological polar surface area (TPSA) is 61.2 Å². The number of carbonyl (C=O) groups is 1. The van der Waals surface area contributed by atoms with Gasteiger partial charge in [0.25, 0.3) is 0 Å². The minimum atomic E-state index is -0.702. The first-order valence-electron chi connectivity index (χ1n) is 9.49. The molecule has 2 bridgehead atoms. The van der Waals surface area contributed by atoms with Crippen molar-refractivity contribution in [2.24, 2.45) is 22.7 Å². The van der Waals surface area contributed by atoms with Crippen molar-refractivity contribution in [2.45, 2.75) is 70.1 Å². The van der Waals surface area contributed by atoms with Crippen molar-refractivity contribution in [3.8, 4) is 0 Å². The van der Waals surface area contributed by atoms with E-state index in [1.54, 1.807) is 12.5 Å². The van der Waals surface area contributed by atoms with Crippen LogP contribution in [0.4, 0.5) is 0 Å². The van der Waals surface area contributed by atoms with Gasteiger partial charge in [-0.25, -0.2) is 4.79 Å². The van der Waals surface area contributed by atoms with E-state index in [2.05, 4.69) is 20.8 Å². The maximum atomic E-state index is 12.8. The molecule has 1 aromatic rings. The molecule has 0 radical (unpaired) electrons. The molecule has 25 heavy (non-hydrogen) atoms. The lowest BCUT2D eigenvalue weighted by molar-refractivity contribution is -0.266. The van der Waals surface area contributed by atoms with Crippen LogP contribution >= 0.6 is 0 Å². The summed E-state index contributed by atoms with van der Waals surface area (Å²) < 4.78 is 23.9. The highest BCUT2D eigenvalue weighted by molar-refractivity contribution is 5.88. The van der Waals surface area contributed by atoms with Crippen LogP contribution in [0.15, 0.2) is 23.0 Å². The molecule has 2 aliphatic carbocycles. The van der Waals surface area contributed by atoms with Gasteiger partial charge in [-0.15, -0.1) is 0 Å². The lowest BCUT2D eigenvalue weighted by Gasteiger charge is -2.63. The van der Waals surface area contributed by atoms with Gasteiger partial charge in [0.2, 0.25) is 5.60 Å². The summed E-state index contributed by atoms with van der Waals surface area (Å²) in [6, 6.07) is 1.99. The highest BCUT2D eigenvalue weighted by Crippen LogP contribution is 2.75. The first-order chi connectivity index (χ1) is 11.9. The van der Waals surface area contributed by atoms with Crippen molar-refractivity contribution in [1.82, 2.24) is 0 Å². The number of epoxide rings is 1. The van der Waals surface area contributed by atoms with Crippen molar-refractivity contribution >= 4 is 5.97 Å². The molecule has 0 N–H and O–H groups in total. The molecule has 9 atom stereocenters. The smallest absolute Gasteiger partial charge is 0.342 e. The average Bonchev–Trinajstić information content (AvgIpc) is 3.00. The van der Waals surface area contributed by atoms with Crippen LogP contribution in [-0.4, -0.2) is 29.9 Å². The Hall–Kier alpha value is -1.33. The summed E-state index contributed by atoms with van der Waals surface area (Å²) in [7, 11) is 0. The lowest BCUT2D eigenvalue weighted by Crippen LogP contribution is -2.68. The van der Waals surface area contributed by atoms with E-state index in [4.69, 9.17) is 18.6 Å². The first-order valence-corrected chi connectivity index (χ1v) is 9.49. The van der Waals surface area contributed by atoms with Gasteiger partial charge in [0.15, 0.2) is 0 Å². The highest BCUT2D eigenvalue weighted by Gasteiger charge is 2.87. The van der Waals surface area contributed by atoms with Crippen molar-refractivity contribution < 1.29 is 23.4 Å². The molecule has 134 valence electrons. The van der Waals surface area contributed by atoms with E-state index in [9.17, 15) is 4.79 Å². The number of carbonyl (C=O) groups excluding carboxylic acids is 1. The van der Waals surface area contributed by atoms with E-state index >= 15 is 0 Å². The quantitative estimate of drug-likeness (QED) is 0.578. The van der Waals surface area contributed by atoms with Crippen LogP contribution in [0.5, 0.6) is 0 Å². The predicted octanol–water partition coefficient (Wildman–Crippen LogP) is 3.24. The standard InChI is InChI=1S/C20H24O5/c1-10-15-16-19(3)13(4-5-14-20(19,25-14)17(21)24-16)18(10,2)8-12(23-15)11-6-7-22-9-11/h6-7,9-10,12-16H,4-5,8H2,1-3H3. The Kier molecular flexibility index (Phi) is 2.45. The van der Waals surface area contributed by atoms with Gasteiger partial charge in [0, 0.05) is 5.56 Å². The highest BCUT2D eigenvalue weighted by atomic mass is 16.7. The van der Waals surface area contributed by atoms with E-state index in [0.29, 0.717) is 11.8 Å². The molecule has 2 saturated carbocycles. The van der Waals surface area contributed by atoms with E-state index in [-0.39, 0.29) is 41.2 Å². The molecule has 3 saturated heterocycles. The molecule has 5 nitrogen and oxygen atoms in total. The summed E-state index contributed by atoms with van der Waals surface area (Å²) in [5.41, 5.74) is 0.197. The number of esters is 1. The van der Waals surface area contributed by atoms with Crippen LogP contribution < -0.4 is 0 Å². The summed E-state index contributed by atoms with van der Waals surface area (Å²) >= 11 is 0. The van der Waals surface area contributed by atoms with Crippen LogP contribution in [0.3, 0.4) is 0 Å². The zero-order valence-corrected chi connectivity index (χ0v) is 14.9. The molecule has 6 rings (SSSR count). The zero-order chi connectivity index (χ0) is 17.2. The lowest BCUT2D eigenvalue weighted by atomic mass is 9.42. The molecular weight excluding hydrogens is 320 g/mol. The van der Waals surface area contributed by atoms with Crippen molar-refractivity contribution in [3.05, 3.63) is 24.2 Å². The molecule has 1 spiro atoms. The summed E-state index contributed by atoms with van der Waals surface area (Å²) in [6.45, 7) is 6.89. The van der Waals surface area contributed by atoms with E-state index in [1.165, 1.54) is 0 Å². The fourth-order valence-corrected chi connectivity index (χ4v) is 7.12. The van der Waals surface area contributed by atoms with Crippen LogP contribution in [0.25, 0.3) is 0 Å². The predicted molar refractivity (Wildman–Crippen MR) is 86.5 cm³/mol. The van der Waals surface area contributed by atoms with E-state index < -0.39 is 5.60 Å². The molecule has 3 aliphatic heterocycles. The van der Waals surface area contributed by atoms with Gasteiger partial charge in [-0.1, -0.05) is 20.8 Å². The molecule has 4 heterocycles. The largest absolute Gasteiger partial charge is 0.472 e. The molecule has 9 unspecified atom stereocenters. The second kappa shape index (κ2) is 4.15. The summed E-state index contributed by atoms with van der Waals surface area (Å²) in [5.74, 6) is 0.596. The number of furan rings is 1.